The summed E-state index contributed by atoms with van der Waals surface area (Å²) in [6, 6.07) is 0. The first kappa shape index (κ1) is 14.3. The van der Waals surface area contributed by atoms with Crippen LogP contribution in [0.4, 0.5) is 17.3 Å². The Hall–Kier alpha value is -2.15. The summed E-state index contributed by atoms with van der Waals surface area (Å²) in [5, 5.41) is 7.38. The fraction of sp³-hybridized carbons (Fsp3) is 0.462. The lowest BCUT2D eigenvalue weighted by molar-refractivity contribution is 0.546. The van der Waals surface area contributed by atoms with Gasteiger partial charge in [-0.1, -0.05) is 20.8 Å². The van der Waals surface area contributed by atoms with E-state index in [1.807, 2.05) is 20.2 Å². The fourth-order valence-electron chi connectivity index (χ4n) is 1.74. The highest BCUT2D eigenvalue weighted by Crippen LogP contribution is 2.27. The molecule has 0 bridgehead atoms. The predicted octanol–water partition coefficient (Wildman–Crippen LogP) is 1.85. The van der Waals surface area contributed by atoms with Gasteiger partial charge in [0.1, 0.15) is 17.5 Å². The molecule has 108 valence electrons. The second kappa shape index (κ2) is 5.09. The highest BCUT2D eigenvalue weighted by Gasteiger charge is 2.21. The number of nitrogens with one attached hydrogen (secondary N) is 2. The SMILES string of the molecule is Cc1c(NN)nc(C(C)(C)C)nc1Nc1cnn(C)c1. The molecule has 0 radical (unpaired) electrons. The van der Waals surface area contributed by atoms with Crippen molar-refractivity contribution in [3.05, 3.63) is 23.8 Å². The molecule has 4 N–H and O–H groups in total. The summed E-state index contributed by atoms with van der Waals surface area (Å²) < 4.78 is 1.73. The summed E-state index contributed by atoms with van der Waals surface area (Å²) in [7, 11) is 1.87. The number of hydrogen-bond donors (Lipinski definition) is 3. The van der Waals surface area contributed by atoms with E-state index < -0.39 is 0 Å². The molecule has 0 saturated heterocycles. The lowest BCUT2D eigenvalue weighted by Crippen LogP contribution is -2.20. The lowest BCUT2D eigenvalue weighted by Gasteiger charge is -2.20. The maximum atomic E-state index is 5.54. The highest BCUT2D eigenvalue weighted by molar-refractivity contribution is 5.63. The number of aryl methyl sites for hydroxylation is 1. The van der Waals surface area contributed by atoms with Crippen molar-refractivity contribution >= 4 is 17.3 Å². The Kier molecular flexibility index (Phi) is 3.63. The predicted molar refractivity (Wildman–Crippen MR) is 79.8 cm³/mol. The van der Waals surface area contributed by atoms with E-state index in [1.54, 1.807) is 10.9 Å². The highest BCUT2D eigenvalue weighted by atomic mass is 15.3. The zero-order valence-electron chi connectivity index (χ0n) is 12.5. The summed E-state index contributed by atoms with van der Waals surface area (Å²) in [5.74, 6) is 7.62. The van der Waals surface area contributed by atoms with Crippen molar-refractivity contribution in [2.75, 3.05) is 10.7 Å². The van der Waals surface area contributed by atoms with Crippen LogP contribution in [-0.2, 0) is 12.5 Å². The standard InChI is InChI=1S/C13H21N7/c1-8-10(16-9-6-15-20(5)7-9)17-12(13(2,3)4)18-11(8)19-14/h6-7H,14H2,1-5H3,(H2,16,17,18,19). The second-order valence-electron chi connectivity index (χ2n) is 5.79. The normalized spacial score (nSPS) is 11.5. The van der Waals surface area contributed by atoms with Gasteiger partial charge in [-0.3, -0.25) is 4.68 Å². The van der Waals surface area contributed by atoms with Crippen molar-refractivity contribution in [1.82, 2.24) is 19.7 Å². The minimum absolute atomic E-state index is 0.162. The van der Waals surface area contributed by atoms with Gasteiger partial charge in [0, 0.05) is 24.2 Å². The third-order valence-electron chi connectivity index (χ3n) is 2.92. The van der Waals surface area contributed by atoms with Crippen LogP contribution in [0.2, 0.25) is 0 Å². The second-order valence-corrected chi connectivity index (χ2v) is 5.79. The average molecular weight is 275 g/mol. The minimum atomic E-state index is -0.162. The van der Waals surface area contributed by atoms with E-state index in [0.717, 1.165) is 22.9 Å². The van der Waals surface area contributed by atoms with Crippen LogP contribution < -0.4 is 16.6 Å². The van der Waals surface area contributed by atoms with Crippen LogP contribution in [0.5, 0.6) is 0 Å². The maximum absolute atomic E-state index is 5.54. The van der Waals surface area contributed by atoms with E-state index in [1.165, 1.54) is 0 Å². The summed E-state index contributed by atoms with van der Waals surface area (Å²) >= 11 is 0. The zero-order chi connectivity index (χ0) is 14.9. The average Bonchev–Trinajstić information content (AvgIpc) is 2.76. The number of aromatic nitrogens is 4. The molecular weight excluding hydrogens is 254 g/mol. The van der Waals surface area contributed by atoms with E-state index in [-0.39, 0.29) is 5.41 Å². The molecule has 0 amide bonds. The topological polar surface area (TPSA) is 93.7 Å². The first-order valence-electron chi connectivity index (χ1n) is 6.42. The van der Waals surface area contributed by atoms with E-state index in [4.69, 9.17) is 5.84 Å². The number of anilines is 3. The van der Waals surface area contributed by atoms with Crippen molar-refractivity contribution in [3.8, 4) is 0 Å². The van der Waals surface area contributed by atoms with Gasteiger partial charge in [0.05, 0.1) is 11.9 Å². The van der Waals surface area contributed by atoms with Gasteiger partial charge in [0.2, 0.25) is 0 Å². The van der Waals surface area contributed by atoms with Crippen LogP contribution in [0.1, 0.15) is 32.2 Å². The van der Waals surface area contributed by atoms with E-state index >= 15 is 0 Å². The van der Waals surface area contributed by atoms with Crippen molar-refractivity contribution in [2.45, 2.75) is 33.1 Å². The first-order valence-corrected chi connectivity index (χ1v) is 6.42. The van der Waals surface area contributed by atoms with Gasteiger partial charge in [-0.25, -0.2) is 15.8 Å². The lowest BCUT2D eigenvalue weighted by atomic mass is 9.95. The van der Waals surface area contributed by atoms with Crippen molar-refractivity contribution in [1.29, 1.82) is 0 Å². The Labute approximate surface area is 118 Å². The molecule has 0 aliphatic carbocycles. The third kappa shape index (κ3) is 2.88. The fourth-order valence-corrected chi connectivity index (χ4v) is 1.74. The van der Waals surface area contributed by atoms with E-state index in [2.05, 4.69) is 46.6 Å². The quantitative estimate of drug-likeness (QED) is 0.584. The molecule has 7 heteroatoms. The van der Waals surface area contributed by atoms with Gasteiger partial charge >= 0.3 is 0 Å². The Morgan fingerprint density at radius 1 is 1.20 bits per heavy atom. The molecule has 7 nitrogen and oxygen atoms in total. The molecule has 2 rings (SSSR count). The van der Waals surface area contributed by atoms with Crippen molar-refractivity contribution in [2.24, 2.45) is 12.9 Å². The molecule has 2 aromatic rings. The van der Waals surface area contributed by atoms with Crippen LogP contribution >= 0.6 is 0 Å². The molecule has 0 aliphatic heterocycles. The summed E-state index contributed by atoms with van der Waals surface area (Å²) in [6.07, 6.45) is 3.63. The number of nitrogen functional groups attached to an aromatic ring is 1. The summed E-state index contributed by atoms with van der Waals surface area (Å²) in [6.45, 7) is 8.10. The van der Waals surface area contributed by atoms with Gasteiger partial charge in [-0.15, -0.1) is 0 Å². The summed E-state index contributed by atoms with van der Waals surface area (Å²) in [4.78, 5) is 9.06. The van der Waals surface area contributed by atoms with E-state index in [0.29, 0.717) is 5.82 Å². The molecule has 20 heavy (non-hydrogen) atoms. The third-order valence-corrected chi connectivity index (χ3v) is 2.92. The Morgan fingerprint density at radius 3 is 2.35 bits per heavy atom. The van der Waals surface area contributed by atoms with Gasteiger partial charge in [0.15, 0.2) is 0 Å². The maximum Gasteiger partial charge on any atom is 0.148 e. The number of hydrazine groups is 1. The Balaban J connectivity index is 2.45. The first-order chi connectivity index (χ1) is 9.31. The van der Waals surface area contributed by atoms with Crippen molar-refractivity contribution in [3.63, 3.8) is 0 Å². The largest absolute Gasteiger partial charge is 0.337 e. The van der Waals surface area contributed by atoms with Crippen LogP contribution in [-0.4, -0.2) is 19.7 Å². The molecule has 2 aromatic heterocycles. The molecule has 0 saturated carbocycles. The van der Waals surface area contributed by atoms with E-state index in [9.17, 15) is 0 Å². The zero-order valence-corrected chi connectivity index (χ0v) is 12.5. The summed E-state index contributed by atoms with van der Waals surface area (Å²) in [5.41, 5.74) is 4.20. The molecule has 0 aliphatic rings. The van der Waals surface area contributed by atoms with Gasteiger partial charge in [0.25, 0.3) is 0 Å². The van der Waals surface area contributed by atoms with Crippen molar-refractivity contribution < 1.29 is 0 Å². The molecule has 2 heterocycles. The molecule has 0 spiro atoms. The Bertz CT molecular complexity index is 610. The molecule has 0 atom stereocenters. The monoisotopic (exact) mass is 275 g/mol. The van der Waals surface area contributed by atoms with Crippen LogP contribution in [0.3, 0.4) is 0 Å². The smallest absolute Gasteiger partial charge is 0.148 e. The Morgan fingerprint density at radius 2 is 1.85 bits per heavy atom. The number of nitrogens with zero attached hydrogens (tertiary/aromatic N) is 4. The number of nitrogens with two attached hydrogens (primary N) is 1. The van der Waals surface area contributed by atoms with Gasteiger partial charge < -0.3 is 10.7 Å². The van der Waals surface area contributed by atoms with Crippen LogP contribution in [0.15, 0.2) is 12.4 Å². The minimum Gasteiger partial charge on any atom is -0.337 e. The van der Waals surface area contributed by atoms with Gasteiger partial charge in [-0.05, 0) is 6.92 Å². The molecule has 0 fully saturated rings. The number of rotatable bonds is 3. The van der Waals surface area contributed by atoms with Crippen LogP contribution in [0.25, 0.3) is 0 Å². The molecular formula is C13H21N7. The van der Waals surface area contributed by atoms with Crippen LogP contribution in [0, 0.1) is 6.92 Å². The molecule has 0 unspecified atom stereocenters. The molecule has 0 aromatic carbocycles. The van der Waals surface area contributed by atoms with Gasteiger partial charge in [-0.2, -0.15) is 5.10 Å². The number of hydrogen-bond acceptors (Lipinski definition) is 6.